The predicted molar refractivity (Wildman–Crippen MR) is 101 cm³/mol. The minimum atomic E-state index is -4.67. The van der Waals surface area contributed by atoms with Gasteiger partial charge in [0.2, 0.25) is 5.91 Å². The molecule has 154 valence electrons. The molecule has 1 atom stereocenters. The second-order valence-corrected chi connectivity index (χ2v) is 8.15. The number of hydrogen-bond acceptors (Lipinski definition) is 3. The molecule has 1 aliphatic rings. The maximum absolute atomic E-state index is 13.2. The van der Waals surface area contributed by atoms with Crippen molar-refractivity contribution in [3.05, 3.63) is 32.8 Å². The van der Waals surface area contributed by atoms with Crippen molar-refractivity contribution in [2.24, 2.45) is 0 Å². The molecule has 1 unspecified atom stereocenters. The third-order valence-electron chi connectivity index (χ3n) is 4.72. The Morgan fingerprint density at radius 2 is 2.07 bits per heavy atom. The smallest absolute Gasteiger partial charge is 0.338 e. The molecule has 2 aromatic rings. The second-order valence-electron chi connectivity index (χ2n) is 6.91. The van der Waals surface area contributed by atoms with Gasteiger partial charge in [-0.05, 0) is 42.6 Å². The highest BCUT2D eigenvalue weighted by Crippen LogP contribution is 2.47. The molecule has 0 aliphatic heterocycles. The molecule has 28 heavy (non-hydrogen) atoms. The first-order valence-electron chi connectivity index (χ1n) is 8.86. The van der Waals surface area contributed by atoms with Crippen molar-refractivity contribution in [2.45, 2.75) is 57.9 Å². The van der Waals surface area contributed by atoms with E-state index in [-0.39, 0.29) is 18.4 Å². The summed E-state index contributed by atoms with van der Waals surface area (Å²) >= 11 is 9.41. The summed E-state index contributed by atoms with van der Waals surface area (Å²) in [4.78, 5) is 14.3. The van der Waals surface area contributed by atoms with Crippen LogP contribution in [0.4, 0.5) is 13.2 Å². The van der Waals surface area contributed by atoms with Crippen molar-refractivity contribution < 1.29 is 18.0 Å². The SMILES string of the molecule is CCn1cc(Br)c(CN(C)C(=O)C(C)n2nc(C(F)(F)F)c(Cl)c2C2CC2)n1. The Kier molecular flexibility index (Phi) is 5.82. The maximum atomic E-state index is 13.2. The number of aryl methyl sites for hydroxylation is 1. The van der Waals surface area contributed by atoms with E-state index in [2.05, 4.69) is 26.1 Å². The molecule has 6 nitrogen and oxygen atoms in total. The highest BCUT2D eigenvalue weighted by atomic mass is 79.9. The monoisotopic (exact) mass is 481 g/mol. The molecule has 0 N–H and O–H groups in total. The molecular weight excluding hydrogens is 463 g/mol. The molecule has 1 amide bonds. The Balaban J connectivity index is 1.85. The van der Waals surface area contributed by atoms with Crippen LogP contribution in [0, 0.1) is 0 Å². The third-order valence-corrected chi connectivity index (χ3v) is 5.75. The first kappa shape index (κ1) is 21.2. The van der Waals surface area contributed by atoms with Crippen molar-refractivity contribution in [1.29, 1.82) is 0 Å². The van der Waals surface area contributed by atoms with Gasteiger partial charge < -0.3 is 4.90 Å². The van der Waals surface area contributed by atoms with Crippen LogP contribution < -0.4 is 0 Å². The van der Waals surface area contributed by atoms with E-state index in [4.69, 9.17) is 11.6 Å². The number of likely N-dealkylation sites (N-methyl/N-ethyl adjacent to an activating group) is 1. The van der Waals surface area contributed by atoms with E-state index >= 15 is 0 Å². The Bertz CT molecular complexity index is 890. The summed E-state index contributed by atoms with van der Waals surface area (Å²) in [6.07, 6.45) is -1.38. The molecule has 2 heterocycles. The molecule has 1 aliphatic carbocycles. The molecule has 0 radical (unpaired) electrons. The Morgan fingerprint density at radius 1 is 1.43 bits per heavy atom. The van der Waals surface area contributed by atoms with Crippen LogP contribution in [-0.2, 0) is 24.1 Å². The van der Waals surface area contributed by atoms with Gasteiger partial charge in [0.15, 0.2) is 5.69 Å². The van der Waals surface area contributed by atoms with Gasteiger partial charge in [-0.15, -0.1) is 0 Å². The fraction of sp³-hybridized carbons (Fsp3) is 0.588. The van der Waals surface area contributed by atoms with Crippen LogP contribution in [0.5, 0.6) is 0 Å². The van der Waals surface area contributed by atoms with Gasteiger partial charge in [-0.3, -0.25) is 14.2 Å². The van der Waals surface area contributed by atoms with Crippen molar-refractivity contribution in [2.75, 3.05) is 7.05 Å². The number of carbonyl (C=O) groups is 1. The van der Waals surface area contributed by atoms with Crippen molar-refractivity contribution in [3.8, 4) is 0 Å². The minimum Gasteiger partial charge on any atom is -0.338 e. The van der Waals surface area contributed by atoms with E-state index in [1.54, 1.807) is 11.7 Å². The lowest BCUT2D eigenvalue weighted by atomic mass is 10.2. The molecule has 0 bridgehead atoms. The van der Waals surface area contributed by atoms with Crippen molar-refractivity contribution >= 4 is 33.4 Å². The summed E-state index contributed by atoms with van der Waals surface area (Å²) < 4.78 is 43.4. The zero-order chi connectivity index (χ0) is 20.8. The molecule has 1 saturated carbocycles. The summed E-state index contributed by atoms with van der Waals surface area (Å²) in [6.45, 7) is 4.38. The largest absolute Gasteiger partial charge is 0.436 e. The molecular formula is C17H20BrClF3N5O. The minimum absolute atomic E-state index is 0.0916. The molecule has 0 saturated heterocycles. The number of nitrogens with zero attached hydrogens (tertiary/aromatic N) is 5. The fourth-order valence-corrected chi connectivity index (χ4v) is 3.89. The summed E-state index contributed by atoms with van der Waals surface area (Å²) in [5.74, 6) is -0.459. The van der Waals surface area contributed by atoms with Gasteiger partial charge in [-0.2, -0.15) is 23.4 Å². The number of rotatable bonds is 6. The van der Waals surface area contributed by atoms with Crippen LogP contribution in [0.25, 0.3) is 0 Å². The van der Waals surface area contributed by atoms with Crippen molar-refractivity contribution in [3.63, 3.8) is 0 Å². The standard InChI is InChI=1S/C17H20BrClF3N5O/c1-4-26-7-11(18)12(23-26)8-25(3)16(28)9(2)27-14(10-5-6-10)13(19)15(24-27)17(20,21)22/h7,9-10H,4-6,8H2,1-3H3. The lowest BCUT2D eigenvalue weighted by Crippen LogP contribution is -2.34. The summed E-state index contributed by atoms with van der Waals surface area (Å²) in [7, 11) is 1.59. The Hall–Kier alpha value is -1.55. The van der Waals surface area contributed by atoms with Crippen LogP contribution in [0.2, 0.25) is 5.02 Å². The van der Waals surface area contributed by atoms with Crippen molar-refractivity contribution in [1.82, 2.24) is 24.5 Å². The Morgan fingerprint density at radius 3 is 2.57 bits per heavy atom. The van der Waals surface area contributed by atoms with Crippen LogP contribution in [-0.4, -0.2) is 37.4 Å². The average molecular weight is 483 g/mol. The zero-order valence-corrected chi connectivity index (χ0v) is 17.9. The zero-order valence-electron chi connectivity index (χ0n) is 15.6. The molecule has 0 aromatic carbocycles. The van der Waals surface area contributed by atoms with E-state index in [1.165, 1.54) is 11.8 Å². The number of carbonyl (C=O) groups excluding carboxylic acids is 1. The molecule has 11 heteroatoms. The highest BCUT2D eigenvalue weighted by Gasteiger charge is 2.43. The topological polar surface area (TPSA) is 56.0 Å². The number of hydrogen-bond donors (Lipinski definition) is 0. The predicted octanol–water partition coefficient (Wildman–Crippen LogP) is 4.63. The summed E-state index contributed by atoms with van der Waals surface area (Å²) in [5.41, 5.74) is -0.177. The summed E-state index contributed by atoms with van der Waals surface area (Å²) in [6, 6.07) is -0.916. The highest BCUT2D eigenvalue weighted by molar-refractivity contribution is 9.10. The Labute approximate surface area is 173 Å². The third kappa shape index (κ3) is 4.07. The van der Waals surface area contributed by atoms with E-state index in [9.17, 15) is 18.0 Å². The summed E-state index contributed by atoms with van der Waals surface area (Å²) in [5, 5.41) is 7.64. The number of amides is 1. The maximum Gasteiger partial charge on any atom is 0.436 e. The van der Waals surface area contributed by atoms with E-state index < -0.39 is 22.9 Å². The fourth-order valence-electron chi connectivity index (χ4n) is 3.06. The van der Waals surface area contributed by atoms with Gasteiger partial charge in [0.1, 0.15) is 6.04 Å². The molecule has 3 rings (SSSR count). The molecule has 1 fully saturated rings. The first-order chi connectivity index (χ1) is 13.0. The van der Waals surface area contributed by atoms with Crippen LogP contribution in [0.15, 0.2) is 10.7 Å². The van der Waals surface area contributed by atoms with Gasteiger partial charge in [0.25, 0.3) is 0 Å². The molecule has 0 spiro atoms. The van der Waals surface area contributed by atoms with Gasteiger partial charge in [0.05, 0.1) is 27.4 Å². The molecule has 2 aromatic heterocycles. The first-order valence-corrected chi connectivity index (χ1v) is 10.0. The normalized spacial score (nSPS) is 15.7. The number of halogens is 5. The van der Waals surface area contributed by atoms with Crippen LogP contribution >= 0.6 is 27.5 Å². The lowest BCUT2D eigenvalue weighted by molar-refractivity contribution is -0.142. The van der Waals surface area contributed by atoms with E-state index in [0.717, 1.165) is 22.0 Å². The van der Waals surface area contributed by atoms with Crippen LogP contribution in [0.3, 0.4) is 0 Å². The second kappa shape index (κ2) is 7.70. The van der Waals surface area contributed by atoms with Gasteiger partial charge in [0, 0.05) is 25.7 Å². The average Bonchev–Trinajstić information content (AvgIpc) is 3.30. The lowest BCUT2D eigenvalue weighted by Gasteiger charge is -2.22. The van der Waals surface area contributed by atoms with Gasteiger partial charge in [-0.25, -0.2) is 0 Å². The van der Waals surface area contributed by atoms with E-state index in [0.29, 0.717) is 17.9 Å². The van der Waals surface area contributed by atoms with Crippen LogP contribution in [0.1, 0.15) is 55.7 Å². The quantitative estimate of drug-likeness (QED) is 0.603. The van der Waals surface area contributed by atoms with Gasteiger partial charge >= 0.3 is 6.18 Å². The number of aromatic nitrogens is 4. The number of alkyl halides is 3. The van der Waals surface area contributed by atoms with E-state index in [1.807, 2.05) is 13.1 Å². The van der Waals surface area contributed by atoms with Gasteiger partial charge in [-0.1, -0.05) is 11.6 Å².